The number of hydrogen-bond acceptors (Lipinski definition) is 3. The van der Waals surface area contributed by atoms with Crippen LogP contribution in [0, 0.1) is 0 Å². The Morgan fingerprint density at radius 1 is 0.538 bits per heavy atom. The highest BCUT2D eigenvalue weighted by molar-refractivity contribution is 7.86. The van der Waals surface area contributed by atoms with Gasteiger partial charge in [0.1, 0.15) is 10.1 Å². The lowest BCUT2D eigenvalue weighted by Crippen LogP contribution is -2.74. The highest BCUT2D eigenvalue weighted by Gasteiger charge is 2.94. The molecule has 0 amide bonds. The standard InChI is InChI=1S/C9H3F17O3S.C8H20N/c10-1(11)3(13,14)5(17,18)7(21,22)9(25,26)8(23,24)6(19,20)4(15,16)2(12)30(27,28)29;1-5-9(6-2,7-3)8-4/h1-2H,(H,27,28,29);5-8H2,1-4H3/q;+1/p-1. The van der Waals surface area contributed by atoms with Crippen LogP contribution in [0.4, 0.5) is 74.6 Å². The van der Waals surface area contributed by atoms with E-state index in [9.17, 15) is 87.6 Å². The molecule has 0 bridgehead atoms. The van der Waals surface area contributed by atoms with E-state index in [1.54, 1.807) is 0 Å². The molecule has 0 saturated carbocycles. The molecule has 4 nitrogen and oxygen atoms in total. The smallest absolute Gasteiger partial charge is 0.385 e. The van der Waals surface area contributed by atoms with Gasteiger partial charge < -0.3 is 9.04 Å². The first-order valence-electron chi connectivity index (χ1n) is 10.2. The summed E-state index contributed by atoms with van der Waals surface area (Å²) in [7, 11) is -7.43. The van der Waals surface area contributed by atoms with E-state index in [0.29, 0.717) is 0 Å². The second-order valence-corrected chi connectivity index (χ2v) is 9.23. The van der Waals surface area contributed by atoms with Crippen molar-refractivity contribution in [2.45, 2.75) is 81.1 Å². The first-order chi connectivity index (χ1) is 16.8. The van der Waals surface area contributed by atoms with E-state index < -0.39 is 63.5 Å². The van der Waals surface area contributed by atoms with Gasteiger partial charge in [-0.05, 0) is 27.7 Å². The van der Waals surface area contributed by atoms with Crippen molar-refractivity contribution in [2.75, 3.05) is 26.2 Å². The largest absolute Gasteiger partial charge is 0.746 e. The molecular weight excluding hydrogens is 621 g/mol. The molecule has 0 aliphatic carbocycles. The van der Waals surface area contributed by atoms with Gasteiger partial charge in [0.05, 0.1) is 26.2 Å². The Bertz CT molecular complexity index is 887. The molecule has 0 radical (unpaired) electrons. The van der Waals surface area contributed by atoms with E-state index in [-0.39, 0.29) is 0 Å². The second-order valence-electron chi connectivity index (χ2n) is 7.83. The second kappa shape index (κ2) is 11.9. The maximum absolute atomic E-state index is 13.1. The maximum atomic E-state index is 13.1. The van der Waals surface area contributed by atoms with Crippen LogP contribution in [0.5, 0.6) is 0 Å². The molecule has 0 aromatic carbocycles. The Morgan fingerprint density at radius 3 is 0.949 bits per heavy atom. The van der Waals surface area contributed by atoms with Crippen molar-refractivity contribution in [1.29, 1.82) is 0 Å². The molecule has 0 fully saturated rings. The van der Waals surface area contributed by atoms with E-state index >= 15 is 0 Å². The van der Waals surface area contributed by atoms with Crippen LogP contribution in [0.3, 0.4) is 0 Å². The van der Waals surface area contributed by atoms with Crippen molar-refractivity contribution in [3.63, 3.8) is 0 Å². The first-order valence-corrected chi connectivity index (χ1v) is 11.7. The summed E-state index contributed by atoms with van der Waals surface area (Å²) in [6.45, 7) is 14.2. The van der Waals surface area contributed by atoms with Crippen molar-refractivity contribution < 1.29 is 92.1 Å². The van der Waals surface area contributed by atoms with Gasteiger partial charge in [-0.3, -0.25) is 0 Å². The molecular formula is C17H22F17NO3S. The third-order valence-electron chi connectivity index (χ3n) is 5.91. The fourth-order valence-corrected chi connectivity index (χ4v) is 3.32. The minimum atomic E-state index is -8.80. The topological polar surface area (TPSA) is 57.2 Å². The van der Waals surface area contributed by atoms with Gasteiger partial charge >= 0.3 is 47.9 Å². The lowest BCUT2D eigenvalue weighted by atomic mass is 9.89. The Balaban J connectivity index is 0. The first kappa shape index (κ1) is 39.8. The zero-order chi connectivity index (χ0) is 32.5. The third kappa shape index (κ3) is 6.45. The number of quaternary nitrogens is 1. The molecule has 238 valence electrons. The van der Waals surface area contributed by atoms with Crippen molar-refractivity contribution >= 4 is 10.1 Å². The van der Waals surface area contributed by atoms with Gasteiger partial charge in [0.15, 0.2) is 0 Å². The summed E-state index contributed by atoms with van der Waals surface area (Å²) in [6.07, 6.45) is -6.02. The average Bonchev–Trinajstić information content (AvgIpc) is 2.79. The summed E-state index contributed by atoms with van der Waals surface area (Å²) in [5.74, 6) is -58.5. The Kier molecular flexibility index (Phi) is 12.1. The fourth-order valence-electron chi connectivity index (χ4n) is 2.81. The molecule has 0 spiro atoms. The summed E-state index contributed by atoms with van der Waals surface area (Å²) in [5.41, 5.74) is -6.07. The zero-order valence-corrected chi connectivity index (χ0v) is 20.8. The lowest BCUT2D eigenvalue weighted by molar-refractivity contribution is -0.921. The number of nitrogens with zero attached hydrogens (tertiary/aromatic N) is 1. The molecule has 0 aromatic heterocycles. The molecule has 0 aliphatic rings. The third-order valence-corrected chi connectivity index (χ3v) is 6.71. The predicted molar refractivity (Wildman–Crippen MR) is 97.7 cm³/mol. The Hall–Kier alpha value is -1.32. The highest BCUT2D eigenvalue weighted by Crippen LogP contribution is 2.63. The van der Waals surface area contributed by atoms with E-state index in [1.807, 2.05) is 0 Å². The Labute approximate surface area is 210 Å². The number of halogens is 17. The molecule has 0 saturated heterocycles. The average molecular weight is 643 g/mol. The minimum absolute atomic E-state index is 1.28. The van der Waals surface area contributed by atoms with Crippen LogP contribution in [0.2, 0.25) is 0 Å². The van der Waals surface area contributed by atoms with Gasteiger partial charge in [0.2, 0.25) is 0 Å². The van der Waals surface area contributed by atoms with Crippen molar-refractivity contribution in [3.8, 4) is 0 Å². The summed E-state index contributed by atoms with van der Waals surface area (Å²) < 4.78 is 249. The normalized spacial score (nSPS) is 16.2. The van der Waals surface area contributed by atoms with Gasteiger partial charge in [-0.2, -0.15) is 61.5 Å². The van der Waals surface area contributed by atoms with Gasteiger partial charge in [0.25, 0.3) is 5.50 Å². The van der Waals surface area contributed by atoms with Crippen LogP contribution < -0.4 is 0 Å². The molecule has 0 aliphatic heterocycles. The molecule has 0 heterocycles. The van der Waals surface area contributed by atoms with Gasteiger partial charge in [-0.15, -0.1) is 0 Å². The SMILES string of the molecule is CC[N+](CC)(CC)CC.O=S(=O)([O-])C(F)C(F)(F)C(F)(F)C(F)(F)C(F)(F)C(F)(F)C(F)(F)C(F)(F)C(F)F. The van der Waals surface area contributed by atoms with Gasteiger partial charge in [-0.1, -0.05) is 0 Å². The molecule has 1 atom stereocenters. The summed E-state index contributed by atoms with van der Waals surface area (Å²) in [6, 6.07) is 0. The van der Waals surface area contributed by atoms with Crippen LogP contribution in [-0.2, 0) is 10.1 Å². The number of rotatable bonds is 13. The molecule has 0 N–H and O–H groups in total. The number of hydrogen-bond donors (Lipinski definition) is 0. The highest BCUT2D eigenvalue weighted by atomic mass is 32.2. The van der Waals surface area contributed by atoms with Crippen molar-refractivity contribution in [2.24, 2.45) is 0 Å². The minimum Gasteiger partial charge on any atom is -0.746 e. The fraction of sp³-hybridized carbons (Fsp3) is 1.00. The summed E-state index contributed by atoms with van der Waals surface area (Å²) in [5, 5.41) is 0. The maximum Gasteiger partial charge on any atom is 0.385 e. The van der Waals surface area contributed by atoms with E-state index in [2.05, 4.69) is 27.7 Å². The Morgan fingerprint density at radius 2 is 0.769 bits per heavy atom. The van der Waals surface area contributed by atoms with Gasteiger partial charge in [0, 0.05) is 0 Å². The van der Waals surface area contributed by atoms with Crippen LogP contribution in [-0.4, -0.2) is 97.0 Å². The van der Waals surface area contributed by atoms with Crippen LogP contribution in [0.15, 0.2) is 0 Å². The van der Waals surface area contributed by atoms with Crippen LogP contribution in [0.25, 0.3) is 0 Å². The molecule has 0 rings (SSSR count). The summed E-state index contributed by atoms with van der Waals surface area (Å²) >= 11 is 0. The quantitative estimate of drug-likeness (QED) is 0.132. The van der Waals surface area contributed by atoms with Crippen LogP contribution in [0.1, 0.15) is 27.7 Å². The predicted octanol–water partition coefficient (Wildman–Crippen LogP) is 6.42. The van der Waals surface area contributed by atoms with E-state index in [1.165, 1.54) is 30.7 Å². The molecule has 39 heavy (non-hydrogen) atoms. The zero-order valence-electron chi connectivity index (χ0n) is 20.0. The van der Waals surface area contributed by atoms with Crippen molar-refractivity contribution in [3.05, 3.63) is 0 Å². The summed E-state index contributed by atoms with van der Waals surface area (Å²) in [4.78, 5) is 0. The van der Waals surface area contributed by atoms with Gasteiger partial charge in [-0.25, -0.2) is 21.6 Å². The molecule has 1 unspecified atom stereocenters. The monoisotopic (exact) mass is 643 g/mol. The van der Waals surface area contributed by atoms with E-state index in [4.69, 9.17) is 0 Å². The van der Waals surface area contributed by atoms with Crippen LogP contribution >= 0.6 is 0 Å². The number of alkyl halides is 17. The lowest BCUT2D eigenvalue weighted by Gasteiger charge is -2.43. The van der Waals surface area contributed by atoms with Crippen molar-refractivity contribution in [1.82, 2.24) is 0 Å². The molecule has 0 aromatic rings. The van der Waals surface area contributed by atoms with E-state index in [0.717, 1.165) is 0 Å². The molecule has 22 heteroatoms.